The summed E-state index contributed by atoms with van der Waals surface area (Å²) in [5, 5.41) is 10.4. The summed E-state index contributed by atoms with van der Waals surface area (Å²) in [6, 6.07) is 5.54. The molecule has 0 bridgehead atoms. The molecule has 0 aliphatic carbocycles. The van der Waals surface area contributed by atoms with E-state index in [-0.39, 0.29) is 11.3 Å². The van der Waals surface area contributed by atoms with E-state index in [1.165, 1.54) is 16.8 Å². The van der Waals surface area contributed by atoms with Crippen LogP contribution in [-0.2, 0) is 0 Å². The topological polar surface area (TPSA) is 100 Å². The molecule has 4 heterocycles. The number of hydrogen-bond acceptors (Lipinski definition) is 7. The molecule has 0 saturated carbocycles. The summed E-state index contributed by atoms with van der Waals surface area (Å²) in [7, 11) is 0. The van der Waals surface area contributed by atoms with Crippen LogP contribution in [0.15, 0.2) is 36.8 Å². The molecule has 1 aliphatic heterocycles. The zero-order chi connectivity index (χ0) is 22.4. The minimum absolute atomic E-state index is 0.112. The van der Waals surface area contributed by atoms with Crippen LogP contribution >= 0.6 is 0 Å². The van der Waals surface area contributed by atoms with Crippen LogP contribution < -0.4 is 15.5 Å². The highest BCUT2D eigenvalue weighted by atomic mass is 19.1. The van der Waals surface area contributed by atoms with Crippen LogP contribution in [0.5, 0.6) is 0 Å². The van der Waals surface area contributed by atoms with Crippen molar-refractivity contribution in [2.45, 2.75) is 32.9 Å². The zero-order valence-corrected chi connectivity index (χ0v) is 18.0. The molecule has 2 atom stereocenters. The van der Waals surface area contributed by atoms with Crippen molar-refractivity contribution >= 4 is 34.0 Å². The number of piperazine rings is 1. The first-order valence-electron chi connectivity index (χ1n) is 10.5. The fourth-order valence-electron chi connectivity index (χ4n) is 4.32. The lowest BCUT2D eigenvalue weighted by molar-refractivity contribution is 0.102. The molecule has 10 heteroatoms. The summed E-state index contributed by atoms with van der Waals surface area (Å²) in [6.07, 6.45) is 4.72. The number of halogens is 1. The van der Waals surface area contributed by atoms with Crippen molar-refractivity contribution in [2.75, 3.05) is 23.3 Å². The number of aryl methyl sites for hydroxylation is 1. The number of hydrogen-bond donors (Lipinski definition) is 2. The van der Waals surface area contributed by atoms with Gasteiger partial charge in [0.05, 0.1) is 23.1 Å². The molecule has 1 aromatic carbocycles. The second kappa shape index (κ2) is 7.79. The molecule has 1 aliphatic rings. The van der Waals surface area contributed by atoms with Crippen LogP contribution in [0.1, 0.15) is 30.0 Å². The van der Waals surface area contributed by atoms with Gasteiger partial charge in [0, 0.05) is 43.6 Å². The maximum Gasteiger partial charge on any atom is 0.257 e. The fourth-order valence-corrected chi connectivity index (χ4v) is 4.32. The lowest BCUT2D eigenvalue weighted by atomic mass is 10.1. The Morgan fingerprint density at radius 3 is 2.62 bits per heavy atom. The van der Waals surface area contributed by atoms with Crippen molar-refractivity contribution < 1.29 is 9.18 Å². The van der Waals surface area contributed by atoms with Crippen molar-refractivity contribution in [2.24, 2.45) is 0 Å². The normalized spacial score (nSPS) is 18.9. The average Bonchev–Trinajstić information content (AvgIpc) is 3.13. The number of carbonyl (C=O) groups excluding carboxylic acids is 1. The molecular weight excluding hydrogens is 411 g/mol. The Balaban J connectivity index is 1.50. The maximum absolute atomic E-state index is 14.4. The van der Waals surface area contributed by atoms with Crippen molar-refractivity contribution in [3.8, 4) is 0 Å². The summed E-state index contributed by atoms with van der Waals surface area (Å²) in [5.41, 5.74) is 2.85. The third-order valence-corrected chi connectivity index (χ3v) is 5.50. The van der Waals surface area contributed by atoms with Crippen LogP contribution in [0.3, 0.4) is 0 Å². The van der Waals surface area contributed by atoms with Crippen LogP contribution in [0.25, 0.3) is 16.7 Å². The molecule has 0 radical (unpaired) electrons. The van der Waals surface area contributed by atoms with Crippen LogP contribution in [0.2, 0.25) is 0 Å². The van der Waals surface area contributed by atoms with Crippen molar-refractivity contribution in [3.63, 3.8) is 0 Å². The largest absolute Gasteiger partial charge is 0.367 e. The second-order valence-electron chi connectivity index (χ2n) is 8.22. The molecule has 164 valence electrons. The van der Waals surface area contributed by atoms with Gasteiger partial charge in [-0.15, -0.1) is 0 Å². The van der Waals surface area contributed by atoms with Gasteiger partial charge >= 0.3 is 0 Å². The SMILES string of the molecule is Cc1nc2c(F)cc(NC(=O)c3ccc(N4C[C@H](C)N[C@@H](C)C4)c4nccnc34)cn2n1. The molecule has 32 heavy (non-hydrogen) atoms. The summed E-state index contributed by atoms with van der Waals surface area (Å²) in [5.74, 6) is -0.522. The number of nitrogens with zero attached hydrogens (tertiary/aromatic N) is 6. The van der Waals surface area contributed by atoms with Gasteiger partial charge in [-0.05, 0) is 32.9 Å². The van der Waals surface area contributed by atoms with Gasteiger partial charge in [0.15, 0.2) is 11.5 Å². The lowest BCUT2D eigenvalue weighted by Gasteiger charge is -2.38. The molecule has 4 aromatic rings. The van der Waals surface area contributed by atoms with E-state index in [4.69, 9.17) is 0 Å². The Morgan fingerprint density at radius 2 is 1.88 bits per heavy atom. The number of fused-ring (bicyclic) bond motifs is 2. The Labute approximate surface area is 183 Å². The van der Waals surface area contributed by atoms with Crippen LogP contribution in [0, 0.1) is 12.7 Å². The monoisotopic (exact) mass is 434 g/mol. The van der Waals surface area contributed by atoms with E-state index in [0.29, 0.717) is 34.5 Å². The summed E-state index contributed by atoms with van der Waals surface area (Å²) >= 11 is 0. The van der Waals surface area contributed by atoms with Crippen molar-refractivity contribution in [1.29, 1.82) is 0 Å². The van der Waals surface area contributed by atoms with E-state index < -0.39 is 11.7 Å². The third kappa shape index (κ3) is 3.62. The zero-order valence-electron chi connectivity index (χ0n) is 18.0. The molecule has 2 N–H and O–H groups in total. The first-order valence-corrected chi connectivity index (χ1v) is 10.5. The van der Waals surface area contributed by atoms with E-state index in [0.717, 1.165) is 18.8 Å². The minimum atomic E-state index is -0.564. The van der Waals surface area contributed by atoms with E-state index in [1.54, 1.807) is 25.4 Å². The quantitative estimate of drug-likeness (QED) is 0.511. The predicted molar refractivity (Wildman–Crippen MR) is 119 cm³/mol. The van der Waals surface area contributed by atoms with Gasteiger partial charge in [-0.3, -0.25) is 14.8 Å². The fraction of sp³-hybridized carbons (Fsp3) is 0.318. The Hall–Kier alpha value is -3.66. The highest BCUT2D eigenvalue weighted by molar-refractivity contribution is 6.13. The van der Waals surface area contributed by atoms with Gasteiger partial charge < -0.3 is 15.5 Å². The number of nitrogens with one attached hydrogen (secondary N) is 2. The summed E-state index contributed by atoms with van der Waals surface area (Å²) in [6.45, 7) is 7.63. The number of carbonyl (C=O) groups is 1. The number of anilines is 2. The second-order valence-corrected chi connectivity index (χ2v) is 8.22. The number of rotatable bonds is 3. The van der Waals surface area contributed by atoms with Gasteiger partial charge in [0.2, 0.25) is 0 Å². The van der Waals surface area contributed by atoms with Gasteiger partial charge in [-0.1, -0.05) is 0 Å². The number of aromatic nitrogens is 5. The molecule has 9 nitrogen and oxygen atoms in total. The minimum Gasteiger partial charge on any atom is -0.367 e. The van der Waals surface area contributed by atoms with E-state index in [1.807, 2.05) is 6.07 Å². The van der Waals surface area contributed by atoms with Crippen molar-refractivity contribution in [1.82, 2.24) is 29.9 Å². The standard InChI is InChI=1S/C22H23FN8O/c1-12-9-30(10-13(2)26-12)18-5-4-16(19-20(18)25-7-6-24-19)22(32)28-15-8-17(23)21-27-14(3)29-31(21)11-15/h4-8,11-13,26H,9-10H2,1-3H3,(H,28,32)/t12-,13-/m0/s1. The summed E-state index contributed by atoms with van der Waals surface area (Å²) in [4.78, 5) is 28.4. The van der Waals surface area contributed by atoms with Gasteiger partial charge in [0.25, 0.3) is 5.91 Å². The maximum atomic E-state index is 14.4. The highest BCUT2D eigenvalue weighted by Crippen LogP contribution is 2.28. The van der Waals surface area contributed by atoms with Crippen molar-refractivity contribution in [3.05, 3.63) is 54.0 Å². The molecule has 3 aromatic heterocycles. The van der Waals surface area contributed by atoms with Gasteiger partial charge in [-0.25, -0.2) is 13.9 Å². The van der Waals surface area contributed by atoms with Gasteiger partial charge in [-0.2, -0.15) is 5.10 Å². The molecular formula is C22H23FN8O. The first kappa shape index (κ1) is 20.3. The number of benzene rings is 1. The van der Waals surface area contributed by atoms with Crippen LogP contribution in [0.4, 0.5) is 15.8 Å². The third-order valence-electron chi connectivity index (χ3n) is 5.50. The Morgan fingerprint density at radius 1 is 1.16 bits per heavy atom. The summed E-state index contributed by atoms with van der Waals surface area (Å²) < 4.78 is 15.7. The predicted octanol–water partition coefficient (Wildman–Crippen LogP) is 2.56. The Bertz CT molecular complexity index is 1330. The average molecular weight is 434 g/mol. The molecule has 1 amide bonds. The lowest BCUT2D eigenvalue weighted by Crippen LogP contribution is -2.54. The van der Waals surface area contributed by atoms with Gasteiger partial charge in [0.1, 0.15) is 16.9 Å². The molecule has 0 spiro atoms. The smallest absolute Gasteiger partial charge is 0.257 e. The Kier molecular flexibility index (Phi) is 4.93. The number of amides is 1. The van der Waals surface area contributed by atoms with Crippen LogP contribution in [-0.4, -0.2) is 55.6 Å². The molecule has 1 saturated heterocycles. The highest BCUT2D eigenvalue weighted by Gasteiger charge is 2.24. The first-order chi connectivity index (χ1) is 15.4. The molecule has 1 fully saturated rings. The van der Waals surface area contributed by atoms with E-state index >= 15 is 0 Å². The molecule has 0 unspecified atom stereocenters. The number of pyridine rings is 1. The van der Waals surface area contributed by atoms with E-state index in [9.17, 15) is 9.18 Å². The molecule has 5 rings (SSSR count). The van der Waals surface area contributed by atoms with E-state index in [2.05, 4.69) is 49.4 Å².